The van der Waals surface area contributed by atoms with Crippen LogP contribution in [0.4, 0.5) is 10.1 Å². The number of carbonyl (C=O) groups is 1. The fourth-order valence-corrected chi connectivity index (χ4v) is 3.41. The summed E-state index contributed by atoms with van der Waals surface area (Å²) in [5, 5.41) is 9.48. The molecule has 6 nitrogen and oxygen atoms in total. The Bertz CT molecular complexity index is 895. The van der Waals surface area contributed by atoms with Crippen LogP contribution in [0.25, 0.3) is 0 Å². The average molecular weight is 412 g/mol. The van der Waals surface area contributed by atoms with Gasteiger partial charge < -0.3 is 20.9 Å². The van der Waals surface area contributed by atoms with Crippen molar-refractivity contribution in [1.82, 2.24) is 16.0 Å². The van der Waals surface area contributed by atoms with E-state index in [1.807, 2.05) is 18.2 Å². The normalized spacial score (nSPS) is 15.0. The molecule has 0 saturated carbocycles. The van der Waals surface area contributed by atoms with Crippen molar-refractivity contribution in [2.75, 3.05) is 38.1 Å². The molecule has 0 unspecified atom stereocenters. The van der Waals surface area contributed by atoms with E-state index in [9.17, 15) is 9.18 Å². The number of amides is 1. The summed E-state index contributed by atoms with van der Waals surface area (Å²) < 4.78 is 13.6. The Morgan fingerprint density at radius 1 is 1.20 bits per heavy atom. The number of hydrogen-bond acceptors (Lipinski definition) is 3. The summed E-state index contributed by atoms with van der Waals surface area (Å²) in [5.74, 6) is 0.524. The van der Waals surface area contributed by atoms with Crippen LogP contribution < -0.4 is 20.9 Å². The van der Waals surface area contributed by atoms with E-state index in [4.69, 9.17) is 0 Å². The monoisotopic (exact) mass is 411 g/mol. The van der Waals surface area contributed by atoms with Gasteiger partial charge in [0, 0.05) is 44.3 Å². The topological polar surface area (TPSA) is 68.8 Å². The molecule has 30 heavy (non-hydrogen) atoms. The molecule has 0 atom stereocenters. The molecule has 0 aliphatic carbocycles. The van der Waals surface area contributed by atoms with E-state index in [0.717, 1.165) is 23.4 Å². The first kappa shape index (κ1) is 21.6. The number of nitrogens with one attached hydrogen (secondary N) is 3. The Kier molecular flexibility index (Phi) is 6.92. The number of aliphatic imine (C=N–C) groups is 1. The number of guanidine groups is 1. The number of rotatable bonds is 6. The summed E-state index contributed by atoms with van der Waals surface area (Å²) in [5.41, 5.74) is 2.86. The van der Waals surface area contributed by atoms with Crippen LogP contribution in [-0.4, -0.2) is 45.1 Å². The number of carbonyl (C=O) groups excluding carboxylic acids is 1. The van der Waals surface area contributed by atoms with E-state index in [1.165, 1.54) is 6.07 Å². The fraction of sp³-hybridized carbons (Fsp3) is 0.391. The highest BCUT2D eigenvalue weighted by Crippen LogP contribution is 2.22. The molecule has 1 fully saturated rings. The van der Waals surface area contributed by atoms with Crippen LogP contribution in [0.3, 0.4) is 0 Å². The molecule has 1 heterocycles. The van der Waals surface area contributed by atoms with Gasteiger partial charge >= 0.3 is 0 Å². The van der Waals surface area contributed by atoms with Gasteiger partial charge in [-0.15, -0.1) is 0 Å². The quantitative estimate of drug-likeness (QED) is 0.504. The van der Waals surface area contributed by atoms with Crippen LogP contribution in [0.5, 0.6) is 0 Å². The molecule has 0 spiro atoms. The van der Waals surface area contributed by atoms with Crippen LogP contribution in [0.15, 0.2) is 53.5 Å². The minimum Gasteiger partial charge on any atom is -0.360 e. The first-order valence-corrected chi connectivity index (χ1v) is 10.2. The van der Waals surface area contributed by atoms with Crippen LogP contribution in [0, 0.1) is 5.82 Å². The molecular formula is C23H30FN5O. The van der Waals surface area contributed by atoms with Crippen LogP contribution in [-0.2, 0) is 16.8 Å². The molecule has 2 aromatic rings. The van der Waals surface area contributed by atoms with Crippen molar-refractivity contribution in [3.8, 4) is 0 Å². The van der Waals surface area contributed by atoms with Gasteiger partial charge in [0.05, 0.1) is 6.54 Å². The smallest absolute Gasteiger partial charge is 0.239 e. The van der Waals surface area contributed by atoms with E-state index >= 15 is 0 Å². The maximum absolute atomic E-state index is 13.6. The third-order valence-corrected chi connectivity index (χ3v) is 5.33. The summed E-state index contributed by atoms with van der Waals surface area (Å²) >= 11 is 0. The molecule has 3 rings (SSSR count). The van der Waals surface area contributed by atoms with E-state index in [2.05, 4.69) is 51.8 Å². The summed E-state index contributed by atoms with van der Waals surface area (Å²) in [4.78, 5) is 17.9. The highest BCUT2D eigenvalue weighted by molar-refractivity contribution is 5.82. The van der Waals surface area contributed by atoms with Gasteiger partial charge in [-0.1, -0.05) is 38.1 Å². The molecule has 0 aromatic heterocycles. The lowest BCUT2D eigenvalue weighted by molar-refractivity contribution is -0.120. The molecule has 1 aliphatic heterocycles. The molecule has 1 saturated heterocycles. The van der Waals surface area contributed by atoms with Gasteiger partial charge in [0.25, 0.3) is 0 Å². The van der Waals surface area contributed by atoms with Gasteiger partial charge in [0.2, 0.25) is 5.91 Å². The van der Waals surface area contributed by atoms with Gasteiger partial charge in [-0.05, 0) is 35.4 Å². The minimum absolute atomic E-state index is 0.0584. The maximum atomic E-state index is 13.6. The molecule has 1 aliphatic rings. The largest absolute Gasteiger partial charge is 0.360 e. The molecule has 2 aromatic carbocycles. The maximum Gasteiger partial charge on any atom is 0.239 e. The van der Waals surface area contributed by atoms with Crippen LogP contribution in [0.2, 0.25) is 0 Å². The van der Waals surface area contributed by atoms with Crippen molar-refractivity contribution in [2.45, 2.75) is 25.8 Å². The Balaban J connectivity index is 1.52. The van der Waals surface area contributed by atoms with Gasteiger partial charge in [0.1, 0.15) is 5.82 Å². The predicted octanol–water partition coefficient (Wildman–Crippen LogP) is 2.40. The Hall–Kier alpha value is -3.09. The molecule has 0 bridgehead atoms. The number of nitrogens with zero attached hydrogens (tertiary/aromatic N) is 2. The standard InChI is InChI=1S/C23H30FN5O/c1-23(2,18-5-4-6-19(24)13-18)16-28-22(25-3)27-14-17-7-9-20(10-8-17)29-12-11-26-21(30)15-29/h4-10,13H,11-12,14-16H2,1-3H3,(H,26,30)(H2,25,27,28). The molecule has 160 valence electrons. The molecule has 3 N–H and O–H groups in total. The van der Waals surface area contributed by atoms with E-state index < -0.39 is 0 Å². The van der Waals surface area contributed by atoms with Crippen molar-refractivity contribution in [3.05, 3.63) is 65.5 Å². The Labute approximate surface area is 177 Å². The van der Waals surface area contributed by atoms with Gasteiger partial charge in [0.15, 0.2) is 5.96 Å². The average Bonchev–Trinajstić information content (AvgIpc) is 2.74. The van der Waals surface area contributed by atoms with Gasteiger partial charge in [-0.25, -0.2) is 4.39 Å². The zero-order valence-electron chi connectivity index (χ0n) is 17.8. The lowest BCUT2D eigenvalue weighted by Crippen LogP contribution is -2.47. The molecule has 0 radical (unpaired) electrons. The van der Waals surface area contributed by atoms with Crippen molar-refractivity contribution < 1.29 is 9.18 Å². The first-order chi connectivity index (χ1) is 14.4. The highest BCUT2D eigenvalue weighted by atomic mass is 19.1. The summed E-state index contributed by atoms with van der Waals surface area (Å²) in [7, 11) is 1.73. The molecular weight excluding hydrogens is 381 g/mol. The summed E-state index contributed by atoms with van der Waals surface area (Å²) in [6.07, 6.45) is 0. The SMILES string of the molecule is CN=C(NCc1ccc(N2CCNC(=O)C2)cc1)NCC(C)(C)c1cccc(F)c1. The Morgan fingerprint density at radius 3 is 2.63 bits per heavy atom. The van der Waals surface area contributed by atoms with E-state index in [-0.39, 0.29) is 17.1 Å². The van der Waals surface area contributed by atoms with Crippen LogP contribution >= 0.6 is 0 Å². The number of benzene rings is 2. The predicted molar refractivity (Wildman–Crippen MR) is 119 cm³/mol. The van der Waals surface area contributed by atoms with Crippen molar-refractivity contribution in [3.63, 3.8) is 0 Å². The number of halogens is 1. The number of piperazine rings is 1. The summed E-state index contributed by atoms with van der Waals surface area (Å²) in [6, 6.07) is 14.9. The lowest BCUT2D eigenvalue weighted by Gasteiger charge is -2.28. The third-order valence-electron chi connectivity index (χ3n) is 5.33. The van der Waals surface area contributed by atoms with Crippen molar-refractivity contribution >= 4 is 17.6 Å². The molecule has 1 amide bonds. The highest BCUT2D eigenvalue weighted by Gasteiger charge is 2.21. The number of anilines is 1. The zero-order chi connectivity index (χ0) is 21.6. The van der Waals surface area contributed by atoms with Crippen molar-refractivity contribution in [1.29, 1.82) is 0 Å². The second kappa shape index (κ2) is 9.61. The lowest BCUT2D eigenvalue weighted by atomic mass is 9.84. The van der Waals surface area contributed by atoms with Crippen LogP contribution in [0.1, 0.15) is 25.0 Å². The second-order valence-corrected chi connectivity index (χ2v) is 8.11. The summed E-state index contributed by atoms with van der Waals surface area (Å²) in [6.45, 7) is 7.28. The first-order valence-electron chi connectivity index (χ1n) is 10.2. The zero-order valence-corrected chi connectivity index (χ0v) is 17.8. The number of hydrogen-bond donors (Lipinski definition) is 3. The second-order valence-electron chi connectivity index (χ2n) is 8.11. The van der Waals surface area contributed by atoms with Crippen molar-refractivity contribution in [2.24, 2.45) is 4.99 Å². The minimum atomic E-state index is -0.248. The van der Waals surface area contributed by atoms with E-state index in [1.54, 1.807) is 19.2 Å². The van der Waals surface area contributed by atoms with Gasteiger partial charge in [-0.3, -0.25) is 9.79 Å². The Morgan fingerprint density at radius 2 is 1.97 bits per heavy atom. The third kappa shape index (κ3) is 5.72. The molecule has 7 heteroatoms. The fourth-order valence-electron chi connectivity index (χ4n) is 3.41. The van der Waals surface area contributed by atoms with E-state index in [0.29, 0.717) is 32.1 Å². The van der Waals surface area contributed by atoms with Gasteiger partial charge in [-0.2, -0.15) is 0 Å².